The number of hydrogen-bond donors (Lipinski definition) is 2. The second-order valence-electron chi connectivity index (χ2n) is 3.48. The molecule has 0 aliphatic carbocycles. The molecule has 0 heterocycles. The summed E-state index contributed by atoms with van der Waals surface area (Å²) in [6.07, 6.45) is 0.959. The first-order valence-corrected chi connectivity index (χ1v) is 5.39. The topological polar surface area (TPSA) is 53.6 Å². The number of carbonyl (C=O) groups excluding carboxylic acids is 1. The summed E-state index contributed by atoms with van der Waals surface area (Å²) >= 11 is 0. The van der Waals surface area contributed by atoms with Gasteiger partial charge >= 0.3 is 6.03 Å². The van der Waals surface area contributed by atoms with Crippen molar-refractivity contribution in [3.8, 4) is 0 Å². The van der Waals surface area contributed by atoms with Gasteiger partial charge in [-0.25, -0.2) is 4.79 Å². The number of hydrogen-bond acceptors (Lipinski definition) is 3. The summed E-state index contributed by atoms with van der Waals surface area (Å²) in [6, 6.07) is -0.0861. The summed E-state index contributed by atoms with van der Waals surface area (Å²) in [4.78, 5) is 13.2. The van der Waals surface area contributed by atoms with E-state index >= 15 is 0 Å². The van der Waals surface area contributed by atoms with Crippen molar-refractivity contribution in [2.75, 3.05) is 46.9 Å². The van der Waals surface area contributed by atoms with Crippen LogP contribution in [0, 0.1) is 0 Å². The second-order valence-corrected chi connectivity index (χ2v) is 3.48. The quantitative estimate of drug-likeness (QED) is 0.614. The van der Waals surface area contributed by atoms with Crippen molar-refractivity contribution in [2.45, 2.75) is 13.3 Å². The first-order chi connectivity index (χ1) is 7.20. The molecule has 0 saturated heterocycles. The Balaban J connectivity index is 3.31. The highest BCUT2D eigenvalue weighted by atomic mass is 16.5. The van der Waals surface area contributed by atoms with Crippen LogP contribution in [0.15, 0.2) is 0 Å². The normalized spacial score (nSPS) is 10.4. The number of urea groups is 1. The molecule has 0 unspecified atom stereocenters. The molecule has 2 amide bonds. The number of nitrogens with one attached hydrogen (secondary N) is 2. The van der Waals surface area contributed by atoms with Gasteiger partial charge in [-0.3, -0.25) is 0 Å². The summed E-state index contributed by atoms with van der Waals surface area (Å²) in [7, 11) is 3.69. The molecule has 2 N–H and O–H groups in total. The largest absolute Gasteiger partial charge is 0.383 e. The van der Waals surface area contributed by atoms with E-state index in [1.54, 1.807) is 7.11 Å². The van der Waals surface area contributed by atoms with E-state index < -0.39 is 0 Å². The Bertz CT molecular complexity index is 165. The average Bonchev–Trinajstić information content (AvgIpc) is 2.23. The molecule has 0 aliphatic rings. The Kier molecular flexibility index (Phi) is 9.21. The monoisotopic (exact) mass is 217 g/mol. The van der Waals surface area contributed by atoms with E-state index in [0.29, 0.717) is 6.54 Å². The number of amides is 2. The fraction of sp³-hybridized carbons (Fsp3) is 0.900. The lowest BCUT2D eigenvalue weighted by Gasteiger charge is -2.16. The molecule has 0 aliphatic heterocycles. The maximum atomic E-state index is 11.1. The first-order valence-electron chi connectivity index (χ1n) is 5.39. The molecule has 5 heteroatoms. The molecule has 0 fully saturated rings. The third-order valence-corrected chi connectivity index (χ3v) is 1.99. The zero-order chi connectivity index (χ0) is 11.5. The molecular formula is C10H23N3O2. The molecule has 0 atom stereocenters. The van der Waals surface area contributed by atoms with Crippen LogP contribution in [0.1, 0.15) is 13.3 Å². The fourth-order valence-electron chi connectivity index (χ4n) is 1.02. The lowest BCUT2D eigenvalue weighted by Crippen LogP contribution is -2.40. The maximum Gasteiger partial charge on any atom is 0.314 e. The number of methoxy groups -OCH3 is 1. The molecule has 0 saturated carbocycles. The van der Waals surface area contributed by atoms with Gasteiger partial charge in [-0.2, -0.15) is 0 Å². The van der Waals surface area contributed by atoms with Gasteiger partial charge in [0.2, 0.25) is 0 Å². The Morgan fingerprint density at radius 2 is 1.93 bits per heavy atom. The molecule has 15 heavy (non-hydrogen) atoms. The Labute approximate surface area is 92.2 Å². The predicted octanol–water partition coefficient (Wildman–Crippen LogP) is 0.274. The molecule has 5 nitrogen and oxygen atoms in total. The SMILES string of the molecule is CCCNC(=O)NCCN(C)CCOC. The second kappa shape index (κ2) is 9.73. The summed E-state index contributed by atoms with van der Waals surface area (Å²) in [5.74, 6) is 0. The Hall–Kier alpha value is -0.810. The third-order valence-electron chi connectivity index (χ3n) is 1.99. The van der Waals surface area contributed by atoms with Gasteiger partial charge in [0.15, 0.2) is 0 Å². The van der Waals surface area contributed by atoms with E-state index in [1.807, 2.05) is 14.0 Å². The number of nitrogens with zero attached hydrogens (tertiary/aromatic N) is 1. The number of rotatable bonds is 8. The van der Waals surface area contributed by atoms with Crippen LogP contribution < -0.4 is 10.6 Å². The minimum Gasteiger partial charge on any atom is -0.383 e. The molecule has 90 valence electrons. The summed E-state index contributed by atoms with van der Waals surface area (Å²) in [6.45, 7) is 5.86. The van der Waals surface area contributed by atoms with Gasteiger partial charge in [-0.05, 0) is 13.5 Å². The van der Waals surface area contributed by atoms with Gasteiger partial charge < -0.3 is 20.3 Å². The highest BCUT2D eigenvalue weighted by Gasteiger charge is 2.00. The Morgan fingerprint density at radius 1 is 1.27 bits per heavy atom. The molecule has 0 aromatic rings. The van der Waals surface area contributed by atoms with Gasteiger partial charge in [0.1, 0.15) is 0 Å². The van der Waals surface area contributed by atoms with Crippen molar-refractivity contribution in [2.24, 2.45) is 0 Å². The van der Waals surface area contributed by atoms with Crippen LogP contribution in [0.4, 0.5) is 4.79 Å². The van der Waals surface area contributed by atoms with Crippen LogP contribution in [-0.4, -0.2) is 57.9 Å². The van der Waals surface area contributed by atoms with E-state index in [9.17, 15) is 4.79 Å². The molecule has 0 aromatic carbocycles. The number of ether oxygens (including phenoxy) is 1. The Morgan fingerprint density at radius 3 is 2.53 bits per heavy atom. The average molecular weight is 217 g/mol. The number of carbonyl (C=O) groups is 1. The smallest absolute Gasteiger partial charge is 0.314 e. The molecule has 0 rings (SSSR count). The third kappa shape index (κ3) is 9.49. The zero-order valence-corrected chi connectivity index (χ0v) is 10.0. The maximum absolute atomic E-state index is 11.1. The minimum absolute atomic E-state index is 0.0861. The van der Waals surface area contributed by atoms with Crippen LogP contribution in [-0.2, 0) is 4.74 Å². The molecule has 0 radical (unpaired) electrons. The molecule has 0 bridgehead atoms. The van der Waals surface area contributed by atoms with Crippen molar-refractivity contribution in [3.05, 3.63) is 0 Å². The van der Waals surface area contributed by atoms with E-state index in [4.69, 9.17) is 4.74 Å². The highest BCUT2D eigenvalue weighted by molar-refractivity contribution is 5.73. The van der Waals surface area contributed by atoms with Crippen LogP contribution in [0.25, 0.3) is 0 Å². The summed E-state index contributed by atoms with van der Waals surface area (Å²) in [5, 5.41) is 5.55. The van der Waals surface area contributed by atoms with Gasteiger partial charge in [0.05, 0.1) is 6.61 Å². The van der Waals surface area contributed by atoms with Crippen LogP contribution in [0.5, 0.6) is 0 Å². The van der Waals surface area contributed by atoms with Crippen molar-refractivity contribution in [1.29, 1.82) is 0 Å². The van der Waals surface area contributed by atoms with E-state index in [1.165, 1.54) is 0 Å². The lowest BCUT2D eigenvalue weighted by molar-refractivity contribution is 0.161. The van der Waals surface area contributed by atoms with Crippen molar-refractivity contribution in [1.82, 2.24) is 15.5 Å². The molecular weight excluding hydrogens is 194 g/mol. The van der Waals surface area contributed by atoms with Gasteiger partial charge in [0.25, 0.3) is 0 Å². The summed E-state index contributed by atoms with van der Waals surface area (Å²) < 4.78 is 4.95. The fourth-order valence-corrected chi connectivity index (χ4v) is 1.02. The van der Waals surface area contributed by atoms with E-state index in [-0.39, 0.29) is 6.03 Å². The first kappa shape index (κ1) is 14.2. The van der Waals surface area contributed by atoms with Gasteiger partial charge in [-0.1, -0.05) is 6.92 Å². The van der Waals surface area contributed by atoms with Crippen LogP contribution in [0.3, 0.4) is 0 Å². The summed E-state index contributed by atoms with van der Waals surface area (Å²) in [5.41, 5.74) is 0. The molecule has 0 aromatic heterocycles. The predicted molar refractivity (Wildman–Crippen MR) is 61.1 cm³/mol. The van der Waals surface area contributed by atoms with E-state index in [2.05, 4.69) is 15.5 Å². The standard InChI is InChI=1S/C10H23N3O2/c1-4-5-11-10(14)12-6-7-13(2)8-9-15-3/h4-9H2,1-3H3,(H2,11,12,14). The number of likely N-dealkylation sites (N-methyl/N-ethyl adjacent to an activating group) is 1. The van der Waals surface area contributed by atoms with Crippen molar-refractivity contribution < 1.29 is 9.53 Å². The molecule has 0 spiro atoms. The zero-order valence-electron chi connectivity index (χ0n) is 10.0. The van der Waals surface area contributed by atoms with Gasteiger partial charge in [0, 0.05) is 33.3 Å². The van der Waals surface area contributed by atoms with Crippen LogP contribution >= 0.6 is 0 Å². The van der Waals surface area contributed by atoms with Crippen molar-refractivity contribution in [3.63, 3.8) is 0 Å². The van der Waals surface area contributed by atoms with Crippen LogP contribution in [0.2, 0.25) is 0 Å². The highest BCUT2D eigenvalue weighted by Crippen LogP contribution is 1.81. The van der Waals surface area contributed by atoms with E-state index in [0.717, 1.165) is 32.7 Å². The minimum atomic E-state index is -0.0861. The van der Waals surface area contributed by atoms with Gasteiger partial charge in [-0.15, -0.1) is 0 Å². The van der Waals surface area contributed by atoms with Crippen molar-refractivity contribution >= 4 is 6.03 Å². The lowest BCUT2D eigenvalue weighted by atomic mass is 10.5.